The van der Waals surface area contributed by atoms with E-state index in [4.69, 9.17) is 11.6 Å². The van der Waals surface area contributed by atoms with Crippen molar-refractivity contribution in [3.8, 4) is 0 Å². The maximum atomic E-state index is 12.5. The molecule has 2 N–H and O–H groups in total. The van der Waals surface area contributed by atoms with Crippen LogP contribution in [0.1, 0.15) is 6.42 Å². The van der Waals surface area contributed by atoms with Gasteiger partial charge in [0.15, 0.2) is 9.84 Å². The molecule has 0 atom stereocenters. The van der Waals surface area contributed by atoms with Gasteiger partial charge in [-0.2, -0.15) is 0 Å². The lowest BCUT2D eigenvalue weighted by Gasteiger charge is -2.17. The summed E-state index contributed by atoms with van der Waals surface area (Å²) in [7, 11) is -3.67. The van der Waals surface area contributed by atoms with Crippen molar-refractivity contribution in [1.82, 2.24) is 4.98 Å². The fourth-order valence-electron chi connectivity index (χ4n) is 2.26. The molecule has 2 amide bonds. The van der Waals surface area contributed by atoms with E-state index in [-0.39, 0.29) is 23.0 Å². The van der Waals surface area contributed by atoms with Crippen molar-refractivity contribution < 1.29 is 18.0 Å². The molecule has 0 bridgehead atoms. The van der Waals surface area contributed by atoms with Crippen molar-refractivity contribution in [3.63, 3.8) is 0 Å². The van der Waals surface area contributed by atoms with Crippen molar-refractivity contribution in [2.75, 3.05) is 22.1 Å². The van der Waals surface area contributed by atoms with E-state index in [0.29, 0.717) is 22.3 Å². The van der Waals surface area contributed by atoms with Gasteiger partial charge in [0.2, 0.25) is 11.8 Å². The highest BCUT2D eigenvalue weighted by Gasteiger charge is 2.21. The summed E-state index contributed by atoms with van der Waals surface area (Å²) in [5, 5.41) is 5.60. The van der Waals surface area contributed by atoms with Crippen LogP contribution < -0.4 is 10.6 Å². The van der Waals surface area contributed by atoms with Crippen LogP contribution in [0.4, 0.5) is 11.5 Å². The van der Waals surface area contributed by atoms with E-state index < -0.39 is 15.7 Å². The average Bonchev–Trinajstić information content (AvgIpc) is 2.61. The summed E-state index contributed by atoms with van der Waals surface area (Å²) in [5.74, 6) is -0.396. The predicted octanol–water partition coefficient (Wildman–Crippen LogP) is 2.58. The van der Waals surface area contributed by atoms with Crippen LogP contribution in [-0.2, 0) is 19.4 Å². The highest BCUT2D eigenvalue weighted by Crippen LogP contribution is 2.33. The zero-order chi connectivity index (χ0) is 18.7. The fraction of sp³-hybridized carbons (Fsp3) is 0.188. The van der Waals surface area contributed by atoms with E-state index in [9.17, 15) is 18.0 Å². The van der Waals surface area contributed by atoms with Crippen LogP contribution in [0, 0.1) is 0 Å². The van der Waals surface area contributed by atoms with E-state index >= 15 is 0 Å². The Morgan fingerprint density at radius 1 is 1.31 bits per heavy atom. The van der Waals surface area contributed by atoms with Gasteiger partial charge in [-0.25, -0.2) is 13.4 Å². The lowest BCUT2D eigenvalue weighted by Crippen LogP contribution is -2.20. The second-order valence-corrected chi connectivity index (χ2v) is 9.04. The van der Waals surface area contributed by atoms with Gasteiger partial charge in [0.05, 0.1) is 27.1 Å². The summed E-state index contributed by atoms with van der Waals surface area (Å²) in [6.45, 7) is 0. The average molecular weight is 412 g/mol. The molecular formula is C16H14ClN3O4S2. The summed E-state index contributed by atoms with van der Waals surface area (Å²) >= 11 is 7.06. The normalized spacial score (nSPS) is 13.7. The molecule has 10 heteroatoms. The molecule has 26 heavy (non-hydrogen) atoms. The molecule has 136 valence electrons. The molecule has 3 rings (SSSR count). The lowest BCUT2D eigenvalue weighted by molar-refractivity contribution is -0.116. The maximum absolute atomic E-state index is 12.5. The Labute approximate surface area is 159 Å². The number of benzene rings is 1. The third-order valence-electron chi connectivity index (χ3n) is 3.54. The molecule has 2 aromatic rings. The Morgan fingerprint density at radius 3 is 2.85 bits per heavy atom. The molecular weight excluding hydrogens is 398 g/mol. The van der Waals surface area contributed by atoms with Crippen LogP contribution >= 0.6 is 23.4 Å². The van der Waals surface area contributed by atoms with Gasteiger partial charge in [0.25, 0.3) is 0 Å². The van der Waals surface area contributed by atoms with Crippen molar-refractivity contribution in [2.45, 2.75) is 16.2 Å². The highest BCUT2D eigenvalue weighted by atomic mass is 35.5. The number of aromatic nitrogens is 1. The van der Waals surface area contributed by atoms with Crippen LogP contribution in [-0.4, -0.2) is 36.7 Å². The third-order valence-corrected chi connectivity index (χ3v) is 6.55. The number of sulfone groups is 1. The van der Waals surface area contributed by atoms with Gasteiger partial charge >= 0.3 is 0 Å². The zero-order valence-electron chi connectivity index (χ0n) is 13.4. The largest absolute Gasteiger partial charge is 0.324 e. The molecule has 0 saturated heterocycles. The number of amides is 2. The van der Waals surface area contributed by atoms with Crippen LogP contribution in [0.3, 0.4) is 0 Å². The molecule has 0 spiro atoms. The maximum Gasteiger partial charge on any atom is 0.234 e. The number of nitrogens with one attached hydrogen (secondary N) is 2. The van der Waals surface area contributed by atoms with Crippen LogP contribution in [0.5, 0.6) is 0 Å². The van der Waals surface area contributed by atoms with Crippen molar-refractivity contribution in [2.24, 2.45) is 0 Å². The first-order valence-electron chi connectivity index (χ1n) is 7.54. The molecule has 0 saturated carbocycles. The summed E-state index contributed by atoms with van der Waals surface area (Å²) in [5.41, 5.74) is 0.474. The van der Waals surface area contributed by atoms with E-state index in [1.54, 1.807) is 12.1 Å². The minimum atomic E-state index is -3.67. The van der Waals surface area contributed by atoms with Gasteiger partial charge in [-0.3, -0.25) is 9.59 Å². The van der Waals surface area contributed by atoms with Gasteiger partial charge in [-0.05, 0) is 30.3 Å². The molecule has 0 aliphatic carbocycles. The van der Waals surface area contributed by atoms with Crippen molar-refractivity contribution in [3.05, 3.63) is 41.6 Å². The van der Waals surface area contributed by atoms with Crippen LogP contribution in [0.15, 0.2) is 46.3 Å². The number of thioether (sulfide) groups is 1. The monoisotopic (exact) mass is 411 g/mol. The number of fused-ring (bicyclic) bond motifs is 1. The molecule has 1 aliphatic heterocycles. The number of carbonyl (C=O) groups excluding carboxylic acids is 2. The number of hydrogen-bond acceptors (Lipinski definition) is 6. The zero-order valence-corrected chi connectivity index (χ0v) is 15.7. The van der Waals surface area contributed by atoms with Gasteiger partial charge in [0, 0.05) is 17.5 Å². The number of nitrogens with zero attached hydrogens (tertiary/aromatic N) is 1. The molecule has 7 nitrogen and oxygen atoms in total. The molecule has 0 unspecified atom stereocenters. The quantitative estimate of drug-likeness (QED) is 0.783. The Balaban J connectivity index is 1.65. The highest BCUT2D eigenvalue weighted by molar-refractivity contribution is 8.00. The van der Waals surface area contributed by atoms with E-state index in [2.05, 4.69) is 15.6 Å². The number of pyridine rings is 1. The summed E-state index contributed by atoms with van der Waals surface area (Å²) in [4.78, 5) is 28.2. The van der Waals surface area contributed by atoms with Gasteiger partial charge in [-0.15, -0.1) is 11.8 Å². The summed E-state index contributed by atoms with van der Waals surface area (Å²) in [6.07, 6.45) is 1.16. The molecule has 1 aliphatic rings. The third kappa shape index (κ3) is 4.54. The van der Waals surface area contributed by atoms with Crippen molar-refractivity contribution >= 4 is 56.5 Å². The molecule has 1 aromatic carbocycles. The Morgan fingerprint density at radius 2 is 2.12 bits per heavy atom. The van der Waals surface area contributed by atoms with Gasteiger partial charge < -0.3 is 10.6 Å². The first-order valence-corrected chi connectivity index (χ1v) is 10.6. The Hall–Kier alpha value is -2.10. The number of anilines is 2. The topological polar surface area (TPSA) is 105 Å². The minimum absolute atomic E-state index is 0.0662. The summed E-state index contributed by atoms with van der Waals surface area (Å²) in [6, 6.07) is 7.66. The molecule has 1 aromatic heterocycles. The molecule has 0 radical (unpaired) electrons. The smallest absolute Gasteiger partial charge is 0.234 e. The van der Waals surface area contributed by atoms with Gasteiger partial charge in [0.1, 0.15) is 5.82 Å². The Kier molecular flexibility index (Phi) is 5.49. The number of rotatable bonds is 5. The number of carbonyl (C=O) groups is 2. The van der Waals surface area contributed by atoms with Crippen molar-refractivity contribution in [1.29, 1.82) is 0 Å². The SMILES string of the molecule is O=C(CCS(=O)(=O)c1ccc2c(c1)NC(=O)CS2)Nc1ccc(Cl)cn1. The van der Waals surface area contributed by atoms with E-state index in [1.807, 2.05) is 0 Å². The first-order chi connectivity index (χ1) is 12.3. The molecule has 0 fully saturated rings. The fourth-order valence-corrected chi connectivity index (χ4v) is 4.42. The van der Waals surface area contributed by atoms with Crippen LogP contribution in [0.2, 0.25) is 5.02 Å². The minimum Gasteiger partial charge on any atom is -0.324 e. The second kappa shape index (κ2) is 7.65. The molecule has 2 heterocycles. The van der Waals surface area contributed by atoms with E-state index in [0.717, 1.165) is 4.90 Å². The van der Waals surface area contributed by atoms with E-state index in [1.165, 1.54) is 36.2 Å². The number of halogens is 1. The summed E-state index contributed by atoms with van der Waals surface area (Å²) < 4.78 is 24.9. The predicted molar refractivity (Wildman–Crippen MR) is 100 cm³/mol. The standard InChI is InChI=1S/C16H14ClN3O4S2/c17-10-1-4-14(18-8-10)20-15(21)5-6-26(23,24)11-2-3-13-12(7-11)19-16(22)9-25-13/h1-4,7-8H,5-6,9H2,(H,19,22)(H,18,20,21). The Bertz CT molecular complexity index is 962. The second-order valence-electron chi connectivity index (χ2n) is 5.47. The van der Waals surface area contributed by atoms with Crippen LogP contribution in [0.25, 0.3) is 0 Å². The number of hydrogen-bond donors (Lipinski definition) is 2. The first kappa shape index (κ1) is 18.7. The van der Waals surface area contributed by atoms with Gasteiger partial charge in [-0.1, -0.05) is 11.6 Å². The lowest BCUT2D eigenvalue weighted by atomic mass is 10.3.